The molecule has 118 valence electrons. The molecule has 0 saturated carbocycles. The number of hydrogen-bond acceptors (Lipinski definition) is 3. The topological polar surface area (TPSA) is 34.4 Å². The molecular formula is C18H18N2OS2. The van der Waals surface area contributed by atoms with Gasteiger partial charge in [-0.15, -0.1) is 11.8 Å². The smallest absolute Gasteiger partial charge is 0.279 e. The van der Waals surface area contributed by atoms with E-state index in [0.717, 1.165) is 20.8 Å². The second-order valence-electron chi connectivity index (χ2n) is 5.21. The molecule has 0 fully saturated rings. The number of rotatable bonds is 3. The minimum Gasteiger partial charge on any atom is -0.319 e. The third-order valence-electron chi connectivity index (χ3n) is 3.82. The lowest BCUT2D eigenvalue weighted by Gasteiger charge is -2.02. The molecule has 1 amide bonds. The number of aryl methyl sites for hydroxylation is 2. The van der Waals surface area contributed by atoms with Crippen molar-refractivity contribution < 1.29 is 4.79 Å². The Hall–Kier alpha value is -1.85. The van der Waals surface area contributed by atoms with Gasteiger partial charge in [0.2, 0.25) is 0 Å². The number of carbonyl (C=O) groups excluding carboxylic acids is 1. The van der Waals surface area contributed by atoms with Crippen molar-refractivity contribution in [2.75, 3.05) is 6.26 Å². The van der Waals surface area contributed by atoms with E-state index in [4.69, 9.17) is 0 Å². The van der Waals surface area contributed by atoms with Crippen LogP contribution in [0.3, 0.4) is 0 Å². The molecule has 0 spiro atoms. The van der Waals surface area contributed by atoms with E-state index in [-0.39, 0.29) is 5.91 Å². The number of amides is 1. The van der Waals surface area contributed by atoms with Gasteiger partial charge in [0.15, 0.2) is 4.80 Å². The Bertz CT molecular complexity index is 920. The summed E-state index contributed by atoms with van der Waals surface area (Å²) < 4.78 is 3.18. The highest BCUT2D eigenvalue weighted by Crippen LogP contribution is 2.21. The quantitative estimate of drug-likeness (QED) is 0.666. The first-order chi connectivity index (χ1) is 11.1. The van der Waals surface area contributed by atoms with E-state index >= 15 is 0 Å². The molecule has 0 aliphatic heterocycles. The maximum atomic E-state index is 12.4. The minimum atomic E-state index is -0.196. The Morgan fingerprint density at radius 3 is 2.61 bits per heavy atom. The highest BCUT2D eigenvalue weighted by Gasteiger charge is 2.09. The van der Waals surface area contributed by atoms with Gasteiger partial charge in [-0.25, -0.2) is 0 Å². The van der Waals surface area contributed by atoms with Crippen LogP contribution in [0.5, 0.6) is 0 Å². The van der Waals surface area contributed by atoms with Gasteiger partial charge < -0.3 is 4.57 Å². The molecule has 0 aliphatic rings. The molecule has 1 aromatic heterocycles. The predicted molar refractivity (Wildman–Crippen MR) is 98.3 cm³/mol. The van der Waals surface area contributed by atoms with Crippen molar-refractivity contribution in [1.82, 2.24) is 4.57 Å². The monoisotopic (exact) mass is 342 g/mol. The number of fused-ring (bicyclic) bond motifs is 1. The summed E-state index contributed by atoms with van der Waals surface area (Å²) in [5, 5.41) is 0. The van der Waals surface area contributed by atoms with E-state index in [2.05, 4.69) is 30.1 Å². The Labute approximate surface area is 143 Å². The lowest BCUT2D eigenvalue weighted by atomic mass is 10.1. The fraction of sp³-hybridized carbons (Fsp3) is 0.222. The van der Waals surface area contributed by atoms with Gasteiger partial charge in [-0.3, -0.25) is 4.79 Å². The summed E-state index contributed by atoms with van der Waals surface area (Å²) in [5.74, 6) is -0.196. The van der Waals surface area contributed by atoms with Gasteiger partial charge in [-0.2, -0.15) is 4.99 Å². The molecule has 0 bridgehead atoms. The lowest BCUT2D eigenvalue weighted by molar-refractivity contribution is 0.0998. The zero-order valence-corrected chi connectivity index (χ0v) is 15.0. The summed E-state index contributed by atoms with van der Waals surface area (Å²) in [4.78, 5) is 18.6. The number of carbonyl (C=O) groups is 1. The second kappa shape index (κ2) is 6.72. The van der Waals surface area contributed by atoms with Crippen molar-refractivity contribution in [1.29, 1.82) is 0 Å². The van der Waals surface area contributed by atoms with Crippen LogP contribution in [0.1, 0.15) is 22.8 Å². The maximum Gasteiger partial charge on any atom is 0.279 e. The van der Waals surface area contributed by atoms with Gasteiger partial charge in [0, 0.05) is 17.5 Å². The van der Waals surface area contributed by atoms with E-state index < -0.39 is 0 Å². The number of para-hydroxylation sites is 1. The number of hydrogen-bond donors (Lipinski definition) is 0. The lowest BCUT2D eigenvalue weighted by Crippen LogP contribution is -2.13. The zero-order chi connectivity index (χ0) is 16.4. The van der Waals surface area contributed by atoms with E-state index in [1.807, 2.05) is 42.1 Å². The van der Waals surface area contributed by atoms with Gasteiger partial charge in [-0.1, -0.05) is 30.4 Å². The van der Waals surface area contributed by atoms with E-state index in [1.165, 1.54) is 11.1 Å². The van der Waals surface area contributed by atoms with Crippen LogP contribution in [0.15, 0.2) is 52.4 Å². The number of thiazole rings is 1. The maximum absolute atomic E-state index is 12.4. The summed E-state index contributed by atoms with van der Waals surface area (Å²) in [5.41, 5.74) is 3.07. The van der Waals surface area contributed by atoms with Crippen LogP contribution in [-0.2, 0) is 13.5 Å². The first-order valence-electron chi connectivity index (χ1n) is 7.44. The average molecular weight is 342 g/mol. The summed E-state index contributed by atoms with van der Waals surface area (Å²) in [6.45, 7) is 2.14. The van der Waals surface area contributed by atoms with Crippen molar-refractivity contribution >= 4 is 39.2 Å². The molecule has 0 aliphatic carbocycles. The van der Waals surface area contributed by atoms with Gasteiger partial charge in [0.05, 0.1) is 10.2 Å². The van der Waals surface area contributed by atoms with Gasteiger partial charge in [0.1, 0.15) is 0 Å². The summed E-state index contributed by atoms with van der Waals surface area (Å²) >= 11 is 3.21. The molecule has 3 nitrogen and oxygen atoms in total. The Kier molecular flexibility index (Phi) is 4.68. The van der Waals surface area contributed by atoms with E-state index in [9.17, 15) is 4.79 Å². The molecule has 0 unspecified atom stereocenters. The van der Waals surface area contributed by atoms with Crippen LogP contribution in [0.4, 0.5) is 0 Å². The van der Waals surface area contributed by atoms with Crippen molar-refractivity contribution in [2.45, 2.75) is 18.2 Å². The molecule has 3 rings (SSSR count). The SMILES string of the molecule is CCc1cccc2sc(=NC(=O)c3ccc(SC)cc3)n(C)c12. The molecule has 1 heterocycles. The van der Waals surface area contributed by atoms with Crippen LogP contribution in [0, 0.1) is 0 Å². The third-order valence-corrected chi connectivity index (χ3v) is 5.66. The Morgan fingerprint density at radius 2 is 1.96 bits per heavy atom. The van der Waals surface area contributed by atoms with E-state index in [0.29, 0.717) is 5.56 Å². The first-order valence-corrected chi connectivity index (χ1v) is 9.48. The molecule has 5 heteroatoms. The summed E-state index contributed by atoms with van der Waals surface area (Å²) in [7, 11) is 1.97. The van der Waals surface area contributed by atoms with Crippen molar-refractivity contribution in [2.24, 2.45) is 12.0 Å². The predicted octanol–water partition coefficient (Wildman–Crippen LogP) is 4.27. The summed E-state index contributed by atoms with van der Waals surface area (Å²) in [6.07, 6.45) is 2.98. The largest absolute Gasteiger partial charge is 0.319 e. The van der Waals surface area contributed by atoms with Gasteiger partial charge >= 0.3 is 0 Å². The fourth-order valence-corrected chi connectivity index (χ4v) is 4.03. The zero-order valence-electron chi connectivity index (χ0n) is 13.4. The van der Waals surface area contributed by atoms with Crippen LogP contribution in [0.25, 0.3) is 10.2 Å². The minimum absolute atomic E-state index is 0.196. The third kappa shape index (κ3) is 3.12. The number of benzene rings is 2. The molecule has 0 saturated heterocycles. The molecule has 23 heavy (non-hydrogen) atoms. The summed E-state index contributed by atoms with van der Waals surface area (Å²) in [6, 6.07) is 13.8. The highest BCUT2D eigenvalue weighted by molar-refractivity contribution is 7.98. The van der Waals surface area contributed by atoms with Crippen molar-refractivity contribution in [3.63, 3.8) is 0 Å². The van der Waals surface area contributed by atoms with Crippen molar-refractivity contribution in [3.8, 4) is 0 Å². The second-order valence-corrected chi connectivity index (χ2v) is 7.10. The standard InChI is InChI=1S/C18H18N2OS2/c1-4-12-6-5-7-15-16(12)20(2)18(23-15)19-17(21)13-8-10-14(22-3)11-9-13/h5-11H,4H2,1-3H3. The van der Waals surface area contributed by atoms with Crippen LogP contribution in [-0.4, -0.2) is 16.7 Å². The van der Waals surface area contributed by atoms with Gasteiger partial charge in [0.25, 0.3) is 5.91 Å². The van der Waals surface area contributed by atoms with Crippen molar-refractivity contribution in [3.05, 3.63) is 58.4 Å². The van der Waals surface area contributed by atoms with Crippen LogP contribution >= 0.6 is 23.1 Å². The molecule has 2 aromatic carbocycles. The molecule has 0 atom stereocenters. The van der Waals surface area contributed by atoms with Gasteiger partial charge in [-0.05, 0) is 48.6 Å². The van der Waals surface area contributed by atoms with E-state index in [1.54, 1.807) is 23.1 Å². The molecule has 3 aromatic rings. The molecule has 0 radical (unpaired) electrons. The average Bonchev–Trinajstić information content (AvgIpc) is 2.91. The Balaban J connectivity index is 2.06. The molecular weight excluding hydrogens is 324 g/mol. The number of thioether (sulfide) groups is 1. The first kappa shape index (κ1) is 16.0. The molecule has 0 N–H and O–H groups in total. The Morgan fingerprint density at radius 1 is 1.22 bits per heavy atom. The van der Waals surface area contributed by atoms with Crippen LogP contribution in [0.2, 0.25) is 0 Å². The van der Waals surface area contributed by atoms with Crippen LogP contribution < -0.4 is 4.80 Å². The highest BCUT2D eigenvalue weighted by atomic mass is 32.2. The number of aromatic nitrogens is 1. The fourth-order valence-electron chi connectivity index (χ4n) is 2.56. The normalized spacial score (nSPS) is 12.0. The number of nitrogens with zero attached hydrogens (tertiary/aromatic N) is 2.